The molecule has 8 nitrogen and oxygen atoms in total. The summed E-state index contributed by atoms with van der Waals surface area (Å²) in [5.74, 6) is -0.0941. The summed E-state index contributed by atoms with van der Waals surface area (Å²) in [6.45, 7) is 7.35. The topological polar surface area (TPSA) is 104 Å². The molecule has 0 radical (unpaired) electrons. The van der Waals surface area contributed by atoms with Gasteiger partial charge in [0.25, 0.3) is 0 Å². The maximum absolute atomic E-state index is 12.7. The molecule has 182 valence electrons. The number of carbonyl (C=O) groups is 2. The van der Waals surface area contributed by atoms with Gasteiger partial charge in [-0.25, -0.2) is 4.79 Å². The van der Waals surface area contributed by atoms with Gasteiger partial charge in [0.05, 0.1) is 42.8 Å². The Morgan fingerprint density at radius 3 is 2.44 bits per heavy atom. The van der Waals surface area contributed by atoms with Gasteiger partial charge >= 0.3 is 6.03 Å². The van der Waals surface area contributed by atoms with Crippen molar-refractivity contribution in [3.05, 3.63) is 53.6 Å². The first-order chi connectivity index (χ1) is 16.6. The van der Waals surface area contributed by atoms with E-state index in [9.17, 15) is 9.59 Å². The van der Waals surface area contributed by atoms with Crippen LogP contribution in [0, 0.1) is 11.3 Å². The molecule has 2 aromatic carbocycles. The van der Waals surface area contributed by atoms with Crippen LogP contribution in [0.5, 0.6) is 0 Å². The van der Waals surface area contributed by atoms with Crippen LogP contribution in [0.4, 0.5) is 21.9 Å². The van der Waals surface area contributed by atoms with Crippen molar-refractivity contribution in [2.45, 2.75) is 32.6 Å². The molecule has 1 heterocycles. The zero-order chi connectivity index (χ0) is 24.8. The van der Waals surface area contributed by atoms with Crippen LogP contribution >= 0.6 is 0 Å². The maximum atomic E-state index is 12.7. The van der Waals surface area contributed by atoms with Crippen LogP contribution in [0.3, 0.4) is 0 Å². The highest BCUT2D eigenvalue weighted by molar-refractivity contribution is 6.02. The predicted molar refractivity (Wildman–Crippen MR) is 135 cm³/mol. The quantitative estimate of drug-likeness (QED) is 0.543. The van der Waals surface area contributed by atoms with Gasteiger partial charge in [-0.15, -0.1) is 0 Å². The lowest BCUT2D eigenvalue weighted by Crippen LogP contribution is -2.37. The van der Waals surface area contributed by atoms with Crippen molar-refractivity contribution < 1.29 is 19.1 Å². The minimum Gasteiger partial charge on any atom is -0.384 e. The smallest absolute Gasteiger partial charge is 0.323 e. The number of rotatable bonds is 8. The summed E-state index contributed by atoms with van der Waals surface area (Å²) in [4.78, 5) is 26.0. The first-order valence-corrected chi connectivity index (χ1v) is 11.5. The normalized spacial score (nSPS) is 13.6. The molecule has 3 rings (SSSR count). The van der Waals surface area contributed by atoms with Crippen molar-refractivity contribution in [1.29, 1.82) is 5.26 Å². The number of anilines is 3. The van der Waals surface area contributed by atoms with Gasteiger partial charge in [-0.05, 0) is 42.0 Å². The fraction of sp³-hybridized carbons (Fsp3) is 0.423. The number of nitriles is 1. The molecule has 0 saturated carbocycles. The van der Waals surface area contributed by atoms with Gasteiger partial charge in [0.1, 0.15) is 6.29 Å². The van der Waals surface area contributed by atoms with E-state index < -0.39 is 6.03 Å². The van der Waals surface area contributed by atoms with E-state index in [1.165, 1.54) is 6.42 Å². The van der Waals surface area contributed by atoms with Crippen LogP contribution in [0.2, 0.25) is 0 Å². The van der Waals surface area contributed by atoms with Crippen molar-refractivity contribution in [1.82, 2.24) is 0 Å². The number of aldehydes is 1. The van der Waals surface area contributed by atoms with Gasteiger partial charge in [-0.1, -0.05) is 26.3 Å². The van der Waals surface area contributed by atoms with E-state index >= 15 is 0 Å². The van der Waals surface area contributed by atoms with Gasteiger partial charge in [0.15, 0.2) is 0 Å². The van der Waals surface area contributed by atoms with E-state index in [4.69, 9.17) is 14.7 Å². The van der Waals surface area contributed by atoms with Gasteiger partial charge in [-0.3, -0.25) is 0 Å². The Hall–Kier alpha value is -3.41. The second-order valence-electron chi connectivity index (χ2n) is 7.91. The number of hydrogen-bond acceptors (Lipinski definition) is 6. The molecule has 34 heavy (non-hydrogen) atoms. The van der Waals surface area contributed by atoms with E-state index in [-0.39, 0.29) is 5.92 Å². The van der Waals surface area contributed by atoms with E-state index in [1.807, 2.05) is 24.3 Å². The van der Waals surface area contributed by atoms with Crippen molar-refractivity contribution >= 4 is 29.4 Å². The van der Waals surface area contributed by atoms with E-state index in [0.29, 0.717) is 43.2 Å². The first kappa shape index (κ1) is 26.8. The van der Waals surface area contributed by atoms with E-state index in [0.717, 1.165) is 30.6 Å². The average molecular weight is 467 g/mol. The lowest BCUT2D eigenvalue weighted by molar-refractivity contribution is -0.108. The summed E-state index contributed by atoms with van der Waals surface area (Å²) >= 11 is 0. The fourth-order valence-electron chi connectivity index (χ4n) is 3.52. The van der Waals surface area contributed by atoms with Crippen LogP contribution in [0.25, 0.3) is 0 Å². The summed E-state index contributed by atoms with van der Waals surface area (Å²) in [7, 11) is 1.60. The first-order valence-electron chi connectivity index (χ1n) is 11.5. The summed E-state index contributed by atoms with van der Waals surface area (Å²) in [6, 6.07) is 14.1. The minimum absolute atomic E-state index is 0.0941. The van der Waals surface area contributed by atoms with E-state index in [2.05, 4.69) is 29.4 Å². The number of methoxy groups -OCH3 is 1. The number of urea groups is 1. The second kappa shape index (κ2) is 14.7. The van der Waals surface area contributed by atoms with Gasteiger partial charge in [0, 0.05) is 38.2 Å². The van der Waals surface area contributed by atoms with Gasteiger partial charge in [0.2, 0.25) is 0 Å². The zero-order valence-electron chi connectivity index (χ0n) is 20.2. The molecule has 2 amide bonds. The third-order valence-electron chi connectivity index (χ3n) is 5.11. The summed E-state index contributed by atoms with van der Waals surface area (Å²) in [6.07, 6.45) is 2.46. The molecule has 1 aliphatic heterocycles. The highest BCUT2D eigenvalue weighted by atomic mass is 16.5. The van der Waals surface area contributed by atoms with Crippen molar-refractivity contribution in [2.24, 2.45) is 0 Å². The van der Waals surface area contributed by atoms with Gasteiger partial charge in [-0.2, -0.15) is 5.26 Å². The summed E-state index contributed by atoms with van der Waals surface area (Å²) in [5.41, 5.74) is 3.56. The molecule has 1 unspecified atom stereocenters. The molecule has 1 saturated heterocycles. The Labute approximate surface area is 201 Å². The Kier molecular flexibility index (Phi) is 11.6. The molecule has 0 aliphatic carbocycles. The SMILES string of the molecule is CCC.COCC(CC=O)c1ccc(N2CCOCC2)c(NC(=O)Nc2ccc(C#N)cc2)c1. The average Bonchev–Trinajstić information content (AvgIpc) is 2.85. The molecule has 2 N–H and O–H groups in total. The number of carbonyl (C=O) groups excluding carboxylic acids is 2. The summed E-state index contributed by atoms with van der Waals surface area (Å²) in [5, 5.41) is 14.6. The lowest BCUT2D eigenvalue weighted by atomic mass is 9.96. The molecule has 0 spiro atoms. The van der Waals surface area contributed by atoms with Crippen LogP contribution in [0.15, 0.2) is 42.5 Å². The molecule has 0 aromatic heterocycles. The minimum atomic E-state index is -0.393. The standard InChI is InChI=1S/C23H26N4O4.C3H8/c1-30-16-19(8-11-28)18-4-7-22(27-9-12-31-13-10-27)21(14-18)26-23(29)25-20-5-2-17(15-24)3-6-20;1-3-2/h2-7,11,14,19H,8-10,12-13,16H2,1H3,(H2,25,26,29);3H2,1-2H3. The molecule has 0 bridgehead atoms. The Morgan fingerprint density at radius 1 is 1.18 bits per heavy atom. The Balaban J connectivity index is 0.00000129. The zero-order valence-corrected chi connectivity index (χ0v) is 20.2. The number of amides is 2. The lowest BCUT2D eigenvalue weighted by Gasteiger charge is -2.31. The number of ether oxygens (including phenoxy) is 2. The number of nitrogens with zero attached hydrogens (tertiary/aromatic N) is 2. The van der Waals surface area contributed by atoms with Crippen molar-refractivity contribution in [3.8, 4) is 6.07 Å². The van der Waals surface area contributed by atoms with Crippen LogP contribution in [-0.4, -0.2) is 52.3 Å². The van der Waals surface area contributed by atoms with Crippen molar-refractivity contribution in [2.75, 3.05) is 55.6 Å². The second-order valence-corrected chi connectivity index (χ2v) is 7.91. The Morgan fingerprint density at radius 2 is 1.85 bits per heavy atom. The van der Waals surface area contributed by atoms with Crippen LogP contribution in [0.1, 0.15) is 43.7 Å². The number of nitrogens with one attached hydrogen (secondary N) is 2. The van der Waals surface area contributed by atoms with Crippen molar-refractivity contribution in [3.63, 3.8) is 0 Å². The van der Waals surface area contributed by atoms with Crippen LogP contribution < -0.4 is 15.5 Å². The molecule has 2 aromatic rings. The molecular weight excluding hydrogens is 432 g/mol. The van der Waals surface area contributed by atoms with E-state index in [1.54, 1.807) is 31.4 Å². The monoisotopic (exact) mass is 466 g/mol. The maximum Gasteiger partial charge on any atom is 0.323 e. The molecule has 8 heteroatoms. The predicted octanol–water partition coefficient (Wildman–Crippen LogP) is 4.77. The summed E-state index contributed by atoms with van der Waals surface area (Å²) < 4.78 is 10.7. The highest BCUT2D eigenvalue weighted by Gasteiger charge is 2.19. The Bertz CT molecular complexity index is 950. The molecular formula is C26H34N4O4. The molecule has 1 aliphatic rings. The van der Waals surface area contributed by atoms with Gasteiger partial charge < -0.3 is 29.8 Å². The number of hydrogen-bond donors (Lipinski definition) is 2. The third kappa shape index (κ3) is 8.18. The largest absolute Gasteiger partial charge is 0.384 e. The van der Waals surface area contributed by atoms with Crippen LogP contribution in [-0.2, 0) is 14.3 Å². The fourth-order valence-corrected chi connectivity index (χ4v) is 3.52. The molecule has 1 fully saturated rings. The molecule has 1 atom stereocenters. The number of benzene rings is 2. The highest BCUT2D eigenvalue weighted by Crippen LogP contribution is 2.32. The third-order valence-corrected chi connectivity index (χ3v) is 5.11. The number of morpholine rings is 1.